The second-order valence-electron chi connectivity index (χ2n) is 7.32. The summed E-state index contributed by atoms with van der Waals surface area (Å²) in [5.74, 6) is 1.05. The van der Waals surface area contributed by atoms with Gasteiger partial charge in [-0.05, 0) is 46.8 Å². The Morgan fingerprint density at radius 1 is 0.969 bits per heavy atom. The molecule has 0 saturated heterocycles. The van der Waals surface area contributed by atoms with Crippen molar-refractivity contribution in [2.24, 2.45) is 0 Å². The molecule has 2 aromatic carbocycles. The molecule has 1 aliphatic rings. The van der Waals surface area contributed by atoms with E-state index in [9.17, 15) is 4.79 Å². The van der Waals surface area contributed by atoms with E-state index in [2.05, 4.69) is 6.07 Å². The molecule has 3 aromatic heterocycles. The molecule has 1 aliphatic heterocycles. The summed E-state index contributed by atoms with van der Waals surface area (Å²) in [6, 6.07) is 21.4. The van der Waals surface area contributed by atoms with Crippen LogP contribution in [0.1, 0.15) is 15.2 Å². The normalized spacial score (nSPS) is 12.4. The topological polar surface area (TPSA) is 74.4 Å². The third-order valence-corrected chi connectivity index (χ3v) is 7.39. The minimum atomic E-state index is -0.152. The molecule has 0 radical (unpaired) electrons. The molecule has 32 heavy (non-hydrogen) atoms. The van der Waals surface area contributed by atoms with E-state index in [-0.39, 0.29) is 12.6 Å². The van der Waals surface area contributed by atoms with Gasteiger partial charge in [0.05, 0.1) is 16.3 Å². The minimum absolute atomic E-state index is 0.152. The molecule has 5 aromatic rings. The second-order valence-corrected chi connectivity index (χ2v) is 9.27. The number of benzene rings is 2. The second kappa shape index (κ2) is 7.47. The van der Waals surface area contributed by atoms with Gasteiger partial charge in [0.25, 0.3) is 0 Å². The molecule has 156 valence electrons. The zero-order chi connectivity index (χ0) is 21.7. The number of ether oxygens (including phenoxy) is 2. The smallest absolute Gasteiger partial charge is 0.231 e. The van der Waals surface area contributed by atoms with Gasteiger partial charge in [-0.3, -0.25) is 4.79 Å². The molecule has 4 heterocycles. The summed E-state index contributed by atoms with van der Waals surface area (Å²) < 4.78 is 10.8. The van der Waals surface area contributed by atoms with Crippen LogP contribution in [0.2, 0.25) is 0 Å². The number of pyridine rings is 1. The van der Waals surface area contributed by atoms with Crippen molar-refractivity contribution in [2.75, 3.05) is 12.5 Å². The summed E-state index contributed by atoms with van der Waals surface area (Å²) in [5.41, 5.74) is 10.4. The molecule has 0 fully saturated rings. The van der Waals surface area contributed by atoms with Crippen molar-refractivity contribution < 1.29 is 14.3 Å². The quantitative estimate of drug-likeness (QED) is 0.324. The van der Waals surface area contributed by atoms with Crippen LogP contribution >= 0.6 is 22.7 Å². The Kier molecular flexibility index (Phi) is 4.45. The molecule has 0 atom stereocenters. The molecule has 0 aliphatic carbocycles. The lowest BCUT2D eigenvalue weighted by atomic mass is 10.00. The number of carbonyl (C=O) groups excluding carboxylic acids is 1. The van der Waals surface area contributed by atoms with Crippen LogP contribution in [0.5, 0.6) is 11.5 Å². The van der Waals surface area contributed by atoms with Gasteiger partial charge >= 0.3 is 0 Å². The fourth-order valence-corrected chi connectivity index (χ4v) is 5.62. The number of nitrogens with two attached hydrogens (primary N) is 1. The average Bonchev–Trinajstić information content (AvgIpc) is 3.58. The van der Waals surface area contributed by atoms with Gasteiger partial charge < -0.3 is 15.2 Å². The monoisotopic (exact) mass is 456 g/mol. The van der Waals surface area contributed by atoms with Gasteiger partial charge in [-0.15, -0.1) is 22.7 Å². The molecule has 0 bridgehead atoms. The number of carbonyl (C=O) groups is 1. The molecule has 0 spiro atoms. The molecule has 0 saturated carbocycles. The maximum Gasteiger partial charge on any atom is 0.231 e. The maximum atomic E-state index is 13.4. The van der Waals surface area contributed by atoms with Crippen molar-refractivity contribution in [2.45, 2.75) is 0 Å². The highest BCUT2D eigenvalue weighted by Gasteiger charge is 2.24. The van der Waals surface area contributed by atoms with Crippen LogP contribution in [0.4, 0.5) is 5.69 Å². The van der Waals surface area contributed by atoms with E-state index >= 15 is 0 Å². The zero-order valence-electron chi connectivity index (χ0n) is 16.7. The molecule has 0 amide bonds. The van der Waals surface area contributed by atoms with Crippen LogP contribution in [0, 0.1) is 0 Å². The fraction of sp³-hybridized carbons (Fsp3) is 0.0400. The number of hydrogen-bond acceptors (Lipinski definition) is 7. The number of aromatic nitrogens is 1. The number of nitrogen functional groups attached to an aromatic ring is 1. The fourth-order valence-electron chi connectivity index (χ4n) is 3.85. The first-order chi connectivity index (χ1) is 15.7. The predicted octanol–water partition coefficient (Wildman–Crippen LogP) is 6.23. The van der Waals surface area contributed by atoms with E-state index in [1.807, 2.05) is 47.8 Å². The van der Waals surface area contributed by atoms with Crippen molar-refractivity contribution in [3.63, 3.8) is 0 Å². The minimum Gasteiger partial charge on any atom is -0.454 e. The van der Waals surface area contributed by atoms with Crippen LogP contribution in [-0.2, 0) is 0 Å². The number of anilines is 1. The largest absolute Gasteiger partial charge is 0.454 e. The number of ketones is 1. The van der Waals surface area contributed by atoms with Crippen LogP contribution in [-0.4, -0.2) is 17.6 Å². The van der Waals surface area contributed by atoms with Gasteiger partial charge in [-0.2, -0.15) is 0 Å². The zero-order valence-corrected chi connectivity index (χ0v) is 18.3. The highest BCUT2D eigenvalue weighted by Crippen LogP contribution is 2.43. The molecule has 5 nitrogen and oxygen atoms in total. The van der Waals surface area contributed by atoms with Gasteiger partial charge in [0, 0.05) is 10.9 Å². The summed E-state index contributed by atoms with van der Waals surface area (Å²) in [7, 11) is 0. The van der Waals surface area contributed by atoms with Crippen LogP contribution in [0.3, 0.4) is 0 Å². The molecular weight excluding hydrogens is 440 g/mol. The number of fused-ring (bicyclic) bond motifs is 2. The van der Waals surface area contributed by atoms with E-state index < -0.39 is 0 Å². The Hall–Kier alpha value is -3.68. The first-order valence-corrected chi connectivity index (χ1v) is 11.7. The highest BCUT2D eigenvalue weighted by molar-refractivity contribution is 7.21. The molecule has 0 unspecified atom stereocenters. The predicted molar refractivity (Wildman–Crippen MR) is 129 cm³/mol. The van der Waals surface area contributed by atoms with E-state index in [0.29, 0.717) is 27.6 Å². The summed E-state index contributed by atoms with van der Waals surface area (Å²) in [4.78, 5) is 20.6. The van der Waals surface area contributed by atoms with E-state index in [4.69, 9.17) is 20.2 Å². The SMILES string of the molecule is Nc1c(C(=O)c2ccc3c(c2)OCO3)sc2nc(-c3cccs3)cc(-c3ccccc3)c12. The van der Waals surface area contributed by atoms with Gasteiger partial charge in [0.2, 0.25) is 12.6 Å². The van der Waals surface area contributed by atoms with Gasteiger partial charge in [0.15, 0.2) is 11.5 Å². The van der Waals surface area contributed by atoms with E-state index in [1.165, 1.54) is 11.3 Å². The average molecular weight is 457 g/mol. The lowest BCUT2D eigenvalue weighted by molar-refractivity contribution is 0.104. The summed E-state index contributed by atoms with van der Waals surface area (Å²) in [5, 5.41) is 2.84. The van der Waals surface area contributed by atoms with Gasteiger partial charge in [-0.1, -0.05) is 36.4 Å². The maximum absolute atomic E-state index is 13.4. The first kappa shape index (κ1) is 19.0. The first-order valence-electron chi connectivity index (χ1n) is 9.96. The lowest BCUT2D eigenvalue weighted by Crippen LogP contribution is -2.02. The van der Waals surface area contributed by atoms with Gasteiger partial charge in [0.1, 0.15) is 9.71 Å². The van der Waals surface area contributed by atoms with Crippen LogP contribution < -0.4 is 15.2 Å². The number of thiophene rings is 2. The Bertz CT molecular complexity index is 1470. The van der Waals surface area contributed by atoms with Gasteiger partial charge in [-0.25, -0.2) is 4.98 Å². The van der Waals surface area contributed by atoms with E-state index in [0.717, 1.165) is 31.9 Å². The number of hydrogen-bond donors (Lipinski definition) is 1. The highest BCUT2D eigenvalue weighted by atomic mass is 32.1. The van der Waals surface area contributed by atoms with Crippen molar-refractivity contribution in [1.82, 2.24) is 4.98 Å². The Morgan fingerprint density at radius 3 is 2.62 bits per heavy atom. The molecule has 6 rings (SSSR count). The third-order valence-electron chi connectivity index (χ3n) is 5.40. The Balaban J connectivity index is 1.55. The molecular formula is C25H16N2O3S2. The molecule has 2 N–H and O–H groups in total. The third kappa shape index (κ3) is 3.05. The Morgan fingerprint density at radius 2 is 1.81 bits per heavy atom. The summed E-state index contributed by atoms with van der Waals surface area (Å²) in [6.45, 7) is 0.161. The van der Waals surface area contributed by atoms with Crippen molar-refractivity contribution in [3.8, 4) is 33.2 Å². The standard InChI is InChI=1S/C25H16N2O3S2/c26-22-21-16(14-5-2-1-3-6-14)12-17(20-7-4-10-31-20)27-25(21)32-24(22)23(28)15-8-9-18-19(11-15)30-13-29-18/h1-12H,13,26H2. The summed E-state index contributed by atoms with van der Waals surface area (Å²) >= 11 is 2.96. The van der Waals surface area contributed by atoms with Crippen molar-refractivity contribution in [3.05, 3.63) is 82.6 Å². The Labute approximate surface area is 191 Å². The number of rotatable bonds is 4. The molecule has 7 heteroatoms. The van der Waals surface area contributed by atoms with Crippen molar-refractivity contribution in [1.29, 1.82) is 0 Å². The van der Waals surface area contributed by atoms with Crippen LogP contribution in [0.25, 0.3) is 31.9 Å². The summed E-state index contributed by atoms with van der Waals surface area (Å²) in [6.07, 6.45) is 0. The van der Waals surface area contributed by atoms with Crippen LogP contribution in [0.15, 0.2) is 72.1 Å². The van der Waals surface area contributed by atoms with Crippen molar-refractivity contribution >= 4 is 44.4 Å². The number of nitrogens with zero attached hydrogens (tertiary/aromatic N) is 1. The van der Waals surface area contributed by atoms with E-state index in [1.54, 1.807) is 29.5 Å². The lowest BCUT2D eigenvalue weighted by Gasteiger charge is -2.08.